The Morgan fingerprint density at radius 1 is 1.26 bits per heavy atom. The highest BCUT2D eigenvalue weighted by Crippen LogP contribution is 2.38. The van der Waals surface area contributed by atoms with E-state index in [2.05, 4.69) is 5.32 Å². The summed E-state index contributed by atoms with van der Waals surface area (Å²) in [6.45, 7) is 4.47. The third-order valence-electron chi connectivity index (χ3n) is 4.32. The first kappa shape index (κ1) is 19.4. The van der Waals surface area contributed by atoms with E-state index in [1.54, 1.807) is 36.1 Å². The Hall–Kier alpha value is -2.38. The second-order valence-electron chi connectivity index (χ2n) is 6.08. The van der Waals surface area contributed by atoms with Crippen LogP contribution in [0.4, 0.5) is 5.00 Å². The number of halogens is 1. The van der Waals surface area contributed by atoms with Gasteiger partial charge in [0, 0.05) is 28.9 Å². The summed E-state index contributed by atoms with van der Waals surface area (Å²) in [5.41, 5.74) is 1.68. The number of nitrogens with zero attached hydrogens (tertiary/aromatic N) is 1. The number of carbonyl (C=O) groups excluding carboxylic acids is 3. The van der Waals surface area contributed by atoms with E-state index in [1.165, 1.54) is 18.3 Å². The molecule has 0 spiro atoms. The van der Waals surface area contributed by atoms with Gasteiger partial charge in [-0.1, -0.05) is 11.6 Å². The predicted molar refractivity (Wildman–Crippen MR) is 104 cm³/mol. The maximum absolute atomic E-state index is 12.6. The van der Waals surface area contributed by atoms with Crippen molar-refractivity contribution in [3.63, 3.8) is 0 Å². The number of hydrogen-bond acceptors (Lipinski definition) is 5. The van der Waals surface area contributed by atoms with E-state index in [0.29, 0.717) is 40.7 Å². The van der Waals surface area contributed by atoms with Crippen LogP contribution in [-0.4, -0.2) is 35.8 Å². The van der Waals surface area contributed by atoms with Crippen molar-refractivity contribution in [1.29, 1.82) is 0 Å². The number of benzene rings is 1. The fourth-order valence-electron chi connectivity index (χ4n) is 2.96. The Kier molecular flexibility index (Phi) is 5.82. The molecule has 0 bridgehead atoms. The van der Waals surface area contributed by atoms with Gasteiger partial charge in [0.15, 0.2) is 0 Å². The van der Waals surface area contributed by atoms with Gasteiger partial charge in [-0.05, 0) is 43.2 Å². The monoisotopic (exact) mass is 406 g/mol. The van der Waals surface area contributed by atoms with Gasteiger partial charge in [-0.25, -0.2) is 4.79 Å². The van der Waals surface area contributed by atoms with Crippen molar-refractivity contribution in [2.24, 2.45) is 0 Å². The lowest BCUT2D eigenvalue weighted by atomic mass is 10.0. The van der Waals surface area contributed by atoms with Crippen LogP contribution in [-0.2, 0) is 22.5 Å². The summed E-state index contributed by atoms with van der Waals surface area (Å²) < 4.78 is 5.19. The summed E-state index contributed by atoms with van der Waals surface area (Å²) in [7, 11) is 0. The van der Waals surface area contributed by atoms with Crippen molar-refractivity contribution in [1.82, 2.24) is 4.90 Å². The van der Waals surface area contributed by atoms with Gasteiger partial charge in [0.1, 0.15) is 5.00 Å². The van der Waals surface area contributed by atoms with Crippen LogP contribution < -0.4 is 5.32 Å². The van der Waals surface area contributed by atoms with Crippen LogP contribution in [0.2, 0.25) is 5.02 Å². The van der Waals surface area contributed by atoms with E-state index in [1.807, 2.05) is 0 Å². The van der Waals surface area contributed by atoms with Crippen LogP contribution in [0.3, 0.4) is 0 Å². The van der Waals surface area contributed by atoms with E-state index in [-0.39, 0.29) is 18.4 Å². The molecule has 2 heterocycles. The van der Waals surface area contributed by atoms with Crippen LogP contribution in [0.5, 0.6) is 0 Å². The zero-order chi connectivity index (χ0) is 19.6. The number of ether oxygens (including phenoxy) is 1. The van der Waals surface area contributed by atoms with Gasteiger partial charge in [-0.3, -0.25) is 9.59 Å². The Morgan fingerprint density at radius 3 is 2.59 bits per heavy atom. The molecule has 1 N–H and O–H groups in total. The number of thiophene rings is 1. The van der Waals surface area contributed by atoms with Crippen molar-refractivity contribution in [3.8, 4) is 0 Å². The van der Waals surface area contributed by atoms with Crippen LogP contribution in [0.25, 0.3) is 0 Å². The number of hydrogen-bond donors (Lipinski definition) is 1. The second kappa shape index (κ2) is 8.10. The molecule has 0 atom stereocenters. The van der Waals surface area contributed by atoms with Gasteiger partial charge in [0.05, 0.1) is 18.7 Å². The number of nitrogens with one attached hydrogen (secondary N) is 1. The summed E-state index contributed by atoms with van der Waals surface area (Å²) in [6.07, 6.45) is 0.552. The maximum atomic E-state index is 12.6. The lowest BCUT2D eigenvalue weighted by Crippen LogP contribution is -2.34. The standard InChI is InChI=1S/C19H19ClN2O4S/c1-3-26-19(25)16-14-8-9-22(11(2)23)10-15(14)27-18(16)21-17(24)12-4-6-13(20)7-5-12/h4-7H,3,8-10H2,1-2H3,(H,21,24). The first-order chi connectivity index (χ1) is 12.9. The van der Waals surface area contributed by atoms with Crippen LogP contribution >= 0.6 is 22.9 Å². The van der Waals surface area contributed by atoms with Gasteiger partial charge < -0.3 is 15.0 Å². The first-order valence-electron chi connectivity index (χ1n) is 8.54. The molecule has 8 heteroatoms. The highest BCUT2D eigenvalue weighted by atomic mass is 35.5. The quantitative estimate of drug-likeness (QED) is 0.785. The van der Waals surface area contributed by atoms with Crippen molar-refractivity contribution >= 4 is 45.7 Å². The smallest absolute Gasteiger partial charge is 0.341 e. The minimum Gasteiger partial charge on any atom is -0.462 e. The van der Waals surface area contributed by atoms with E-state index in [9.17, 15) is 14.4 Å². The molecule has 27 heavy (non-hydrogen) atoms. The second-order valence-corrected chi connectivity index (χ2v) is 7.62. The first-order valence-corrected chi connectivity index (χ1v) is 9.74. The molecule has 1 aromatic heterocycles. The Bertz CT molecular complexity index is 892. The predicted octanol–water partition coefficient (Wildman–Crippen LogP) is 3.74. The minimum absolute atomic E-state index is 0.0153. The molecule has 0 saturated carbocycles. The van der Waals surface area contributed by atoms with E-state index in [0.717, 1.165) is 10.4 Å². The van der Waals surface area contributed by atoms with Crippen molar-refractivity contribution < 1.29 is 19.1 Å². The zero-order valence-corrected chi connectivity index (χ0v) is 16.6. The molecule has 0 saturated heterocycles. The molecule has 0 fully saturated rings. The summed E-state index contributed by atoms with van der Waals surface area (Å²) in [6, 6.07) is 6.50. The van der Waals surface area contributed by atoms with Gasteiger partial charge >= 0.3 is 5.97 Å². The number of fused-ring (bicyclic) bond motifs is 1. The molecule has 2 amide bonds. The molecular weight excluding hydrogens is 388 g/mol. The normalized spacial score (nSPS) is 13.1. The van der Waals surface area contributed by atoms with Crippen molar-refractivity contribution in [3.05, 3.63) is 50.9 Å². The molecule has 2 aromatic rings. The number of rotatable bonds is 4. The molecule has 142 valence electrons. The molecule has 6 nitrogen and oxygen atoms in total. The number of carbonyl (C=O) groups is 3. The van der Waals surface area contributed by atoms with Crippen LogP contribution in [0, 0.1) is 0 Å². The average molecular weight is 407 g/mol. The van der Waals surface area contributed by atoms with E-state index in [4.69, 9.17) is 16.3 Å². The average Bonchev–Trinajstić information content (AvgIpc) is 2.99. The van der Waals surface area contributed by atoms with E-state index < -0.39 is 5.97 Å². The van der Waals surface area contributed by atoms with Crippen LogP contribution in [0.1, 0.15) is 45.0 Å². The summed E-state index contributed by atoms with van der Waals surface area (Å²) in [4.78, 5) is 39.4. The highest BCUT2D eigenvalue weighted by Gasteiger charge is 2.30. The molecule has 0 unspecified atom stereocenters. The number of amides is 2. The third-order valence-corrected chi connectivity index (χ3v) is 5.70. The van der Waals surface area contributed by atoms with Crippen molar-refractivity contribution in [2.75, 3.05) is 18.5 Å². The van der Waals surface area contributed by atoms with Gasteiger partial charge in [-0.15, -0.1) is 11.3 Å². The fourth-order valence-corrected chi connectivity index (χ4v) is 4.33. The molecular formula is C19H19ClN2O4S. The summed E-state index contributed by atoms with van der Waals surface area (Å²) >= 11 is 7.17. The third kappa shape index (κ3) is 4.14. The van der Waals surface area contributed by atoms with Gasteiger partial charge in [0.25, 0.3) is 5.91 Å². The molecule has 1 aromatic carbocycles. The van der Waals surface area contributed by atoms with E-state index >= 15 is 0 Å². The molecule has 1 aliphatic rings. The molecule has 0 aliphatic carbocycles. The highest BCUT2D eigenvalue weighted by molar-refractivity contribution is 7.17. The Labute approximate surface area is 166 Å². The number of anilines is 1. The molecule has 3 rings (SSSR count). The lowest BCUT2D eigenvalue weighted by molar-refractivity contribution is -0.129. The molecule has 1 aliphatic heterocycles. The Morgan fingerprint density at radius 2 is 1.96 bits per heavy atom. The van der Waals surface area contributed by atoms with Crippen LogP contribution in [0.15, 0.2) is 24.3 Å². The minimum atomic E-state index is -0.460. The Balaban J connectivity index is 1.93. The van der Waals surface area contributed by atoms with Gasteiger partial charge in [-0.2, -0.15) is 0 Å². The largest absolute Gasteiger partial charge is 0.462 e. The summed E-state index contributed by atoms with van der Waals surface area (Å²) in [5.74, 6) is -0.810. The molecule has 0 radical (unpaired) electrons. The lowest BCUT2D eigenvalue weighted by Gasteiger charge is -2.25. The fraction of sp³-hybridized carbons (Fsp3) is 0.316. The van der Waals surface area contributed by atoms with Crippen molar-refractivity contribution in [2.45, 2.75) is 26.8 Å². The maximum Gasteiger partial charge on any atom is 0.341 e. The zero-order valence-electron chi connectivity index (χ0n) is 15.0. The number of esters is 1. The topological polar surface area (TPSA) is 75.7 Å². The summed E-state index contributed by atoms with van der Waals surface area (Å²) in [5, 5.41) is 3.80. The SMILES string of the molecule is CCOC(=O)c1c(NC(=O)c2ccc(Cl)cc2)sc2c1CCN(C(C)=O)C2. The van der Waals surface area contributed by atoms with Gasteiger partial charge in [0.2, 0.25) is 5.91 Å².